The lowest BCUT2D eigenvalue weighted by Crippen LogP contribution is -2.41. The van der Waals surface area contributed by atoms with Gasteiger partial charge < -0.3 is 14.4 Å². The molecule has 0 spiro atoms. The molecule has 2 fully saturated rings. The van der Waals surface area contributed by atoms with E-state index in [-0.39, 0.29) is 18.3 Å². The molecule has 6 heteroatoms. The van der Waals surface area contributed by atoms with Crippen LogP contribution in [-0.4, -0.2) is 38.8 Å². The van der Waals surface area contributed by atoms with Crippen molar-refractivity contribution < 1.29 is 14.4 Å². The van der Waals surface area contributed by atoms with Gasteiger partial charge in [0.2, 0.25) is 0 Å². The highest BCUT2D eigenvalue weighted by atomic mass is 16.7. The fraction of sp³-hybridized carbons (Fsp3) is 0.769. The first kappa shape index (κ1) is 13.2. The maximum absolute atomic E-state index is 9.90. The molecular formula is C13H21BN2O3. The summed E-state index contributed by atoms with van der Waals surface area (Å²) in [6.07, 6.45) is 5.38. The lowest BCUT2D eigenvalue weighted by Gasteiger charge is -2.32. The summed E-state index contributed by atoms with van der Waals surface area (Å²) in [7, 11) is -0.382. The van der Waals surface area contributed by atoms with Gasteiger partial charge in [-0.3, -0.25) is 4.68 Å². The van der Waals surface area contributed by atoms with Crippen LogP contribution in [0, 0.1) is 0 Å². The van der Waals surface area contributed by atoms with Gasteiger partial charge in [0.25, 0.3) is 0 Å². The molecule has 2 heterocycles. The molecule has 1 N–H and O–H groups in total. The van der Waals surface area contributed by atoms with Gasteiger partial charge in [0, 0.05) is 17.9 Å². The van der Waals surface area contributed by atoms with Gasteiger partial charge >= 0.3 is 7.12 Å². The van der Waals surface area contributed by atoms with Crippen molar-refractivity contribution >= 4 is 12.6 Å². The third-order valence-corrected chi connectivity index (χ3v) is 4.46. The summed E-state index contributed by atoms with van der Waals surface area (Å²) in [6, 6.07) is 0. The number of hydrogen-bond acceptors (Lipinski definition) is 4. The molecule has 0 amide bonds. The summed E-state index contributed by atoms with van der Waals surface area (Å²) in [4.78, 5) is 0. The van der Waals surface area contributed by atoms with Crippen LogP contribution in [-0.2, 0) is 15.9 Å². The van der Waals surface area contributed by atoms with Crippen molar-refractivity contribution in [3.63, 3.8) is 0 Å². The highest BCUT2D eigenvalue weighted by Crippen LogP contribution is 2.37. The van der Waals surface area contributed by atoms with Crippen LogP contribution >= 0.6 is 0 Å². The third kappa shape index (κ3) is 2.33. The molecule has 19 heavy (non-hydrogen) atoms. The van der Waals surface area contributed by atoms with Crippen LogP contribution in [0.1, 0.15) is 40.5 Å². The molecule has 2 aliphatic rings. The fourth-order valence-electron chi connectivity index (χ4n) is 2.17. The predicted octanol–water partition coefficient (Wildman–Crippen LogP) is 0.707. The Kier molecular flexibility index (Phi) is 2.66. The molecule has 3 rings (SSSR count). The van der Waals surface area contributed by atoms with E-state index in [0.29, 0.717) is 6.54 Å². The summed E-state index contributed by atoms with van der Waals surface area (Å²) in [5.41, 5.74) is -0.315. The first-order valence-electron chi connectivity index (χ1n) is 6.81. The molecule has 0 aromatic carbocycles. The van der Waals surface area contributed by atoms with Crippen molar-refractivity contribution in [1.82, 2.24) is 9.78 Å². The molecule has 0 bridgehead atoms. The standard InChI is InChI=1S/C13H21BN2O3/c1-11(2)12(3,4)19-14(18-11)10-7-15-16(8-10)9-13(17)5-6-13/h7-8,17H,5-6,9H2,1-4H3. The molecule has 0 radical (unpaired) electrons. The van der Waals surface area contributed by atoms with E-state index < -0.39 is 5.60 Å². The molecule has 104 valence electrons. The smallest absolute Gasteiger partial charge is 0.399 e. The maximum atomic E-state index is 9.90. The van der Waals surface area contributed by atoms with Crippen molar-refractivity contribution in [3.8, 4) is 0 Å². The molecule has 0 atom stereocenters. The second-order valence-electron chi connectivity index (χ2n) is 6.78. The Morgan fingerprint density at radius 1 is 1.26 bits per heavy atom. The Morgan fingerprint density at radius 3 is 2.37 bits per heavy atom. The minimum Gasteiger partial charge on any atom is -0.399 e. The van der Waals surface area contributed by atoms with Gasteiger partial charge in [0.15, 0.2) is 0 Å². The summed E-state index contributed by atoms with van der Waals surface area (Å²) < 4.78 is 13.7. The summed E-state index contributed by atoms with van der Waals surface area (Å²) >= 11 is 0. The molecule has 5 nitrogen and oxygen atoms in total. The van der Waals surface area contributed by atoms with Gasteiger partial charge in [-0.1, -0.05) is 0 Å². The van der Waals surface area contributed by atoms with Crippen LogP contribution in [0.2, 0.25) is 0 Å². The van der Waals surface area contributed by atoms with E-state index in [1.54, 1.807) is 10.9 Å². The minimum atomic E-state index is -0.542. The SMILES string of the molecule is CC1(C)OB(c2cnn(CC3(O)CC3)c2)OC1(C)C. The van der Waals surface area contributed by atoms with Gasteiger partial charge in [-0.2, -0.15) is 5.10 Å². The number of rotatable bonds is 3. The normalized spacial score (nSPS) is 26.7. The van der Waals surface area contributed by atoms with Crippen molar-refractivity contribution in [3.05, 3.63) is 12.4 Å². The zero-order valence-electron chi connectivity index (χ0n) is 12.0. The van der Waals surface area contributed by atoms with Gasteiger partial charge in [-0.05, 0) is 40.5 Å². The molecule has 0 unspecified atom stereocenters. The Morgan fingerprint density at radius 2 is 1.84 bits per heavy atom. The van der Waals surface area contributed by atoms with Crippen LogP contribution in [0.15, 0.2) is 12.4 Å². The average molecular weight is 264 g/mol. The van der Waals surface area contributed by atoms with Gasteiger partial charge in [-0.25, -0.2) is 0 Å². The highest BCUT2D eigenvalue weighted by Gasteiger charge is 2.52. The topological polar surface area (TPSA) is 56.5 Å². The van der Waals surface area contributed by atoms with E-state index in [2.05, 4.69) is 5.10 Å². The van der Waals surface area contributed by atoms with Crippen molar-refractivity contribution in [2.24, 2.45) is 0 Å². The minimum absolute atomic E-state index is 0.339. The molecule has 1 saturated carbocycles. The summed E-state index contributed by atoms with van der Waals surface area (Å²) in [6.45, 7) is 8.68. The molecule has 1 aliphatic carbocycles. The van der Waals surface area contributed by atoms with Crippen LogP contribution < -0.4 is 5.46 Å². The Hall–Kier alpha value is -0.845. The van der Waals surface area contributed by atoms with E-state index in [4.69, 9.17) is 9.31 Å². The van der Waals surface area contributed by atoms with Crippen LogP contribution in [0.3, 0.4) is 0 Å². The first-order valence-corrected chi connectivity index (χ1v) is 6.81. The average Bonchev–Trinajstić information content (AvgIpc) is 2.74. The summed E-state index contributed by atoms with van der Waals surface area (Å²) in [5, 5.41) is 14.2. The number of aliphatic hydroxyl groups is 1. The monoisotopic (exact) mass is 264 g/mol. The largest absolute Gasteiger partial charge is 0.498 e. The molecular weight excluding hydrogens is 243 g/mol. The number of aromatic nitrogens is 2. The molecule has 1 aromatic heterocycles. The Bertz CT molecular complexity index is 478. The third-order valence-electron chi connectivity index (χ3n) is 4.46. The second kappa shape index (κ2) is 3.84. The zero-order chi connectivity index (χ0) is 13.9. The Labute approximate surface area is 114 Å². The van der Waals surface area contributed by atoms with E-state index in [9.17, 15) is 5.11 Å². The van der Waals surface area contributed by atoms with Gasteiger partial charge in [-0.15, -0.1) is 0 Å². The lowest BCUT2D eigenvalue weighted by molar-refractivity contribution is 0.00578. The maximum Gasteiger partial charge on any atom is 0.498 e. The quantitative estimate of drug-likeness (QED) is 0.817. The van der Waals surface area contributed by atoms with Crippen LogP contribution in [0.4, 0.5) is 0 Å². The van der Waals surface area contributed by atoms with E-state index >= 15 is 0 Å². The predicted molar refractivity (Wildman–Crippen MR) is 72.1 cm³/mol. The van der Waals surface area contributed by atoms with Crippen LogP contribution in [0.5, 0.6) is 0 Å². The van der Waals surface area contributed by atoms with Gasteiger partial charge in [0.05, 0.1) is 23.3 Å². The van der Waals surface area contributed by atoms with Crippen molar-refractivity contribution in [2.45, 2.75) is 63.9 Å². The van der Waals surface area contributed by atoms with Gasteiger partial charge in [0.1, 0.15) is 0 Å². The van der Waals surface area contributed by atoms with Crippen molar-refractivity contribution in [1.29, 1.82) is 0 Å². The zero-order valence-corrected chi connectivity index (χ0v) is 12.0. The molecule has 1 saturated heterocycles. The lowest BCUT2D eigenvalue weighted by atomic mass is 9.82. The summed E-state index contributed by atoms with van der Waals surface area (Å²) in [5.74, 6) is 0. The van der Waals surface area contributed by atoms with E-state index in [0.717, 1.165) is 18.3 Å². The number of hydrogen-bond donors (Lipinski definition) is 1. The Balaban J connectivity index is 1.74. The van der Waals surface area contributed by atoms with E-state index in [1.807, 2.05) is 33.9 Å². The van der Waals surface area contributed by atoms with Crippen molar-refractivity contribution in [2.75, 3.05) is 0 Å². The van der Waals surface area contributed by atoms with E-state index in [1.165, 1.54) is 0 Å². The molecule has 1 aromatic rings. The fourth-order valence-corrected chi connectivity index (χ4v) is 2.17. The first-order chi connectivity index (χ1) is 8.71. The number of nitrogens with zero attached hydrogens (tertiary/aromatic N) is 2. The van der Waals surface area contributed by atoms with Crippen LogP contribution in [0.25, 0.3) is 0 Å². The highest BCUT2D eigenvalue weighted by molar-refractivity contribution is 6.61. The molecule has 1 aliphatic heterocycles. The second-order valence-corrected chi connectivity index (χ2v) is 6.78.